The number of carbonyl (C=O) groups is 2. The van der Waals surface area contributed by atoms with Gasteiger partial charge >= 0.3 is 0 Å². The maximum Gasteiger partial charge on any atom is 0.255 e. The van der Waals surface area contributed by atoms with Gasteiger partial charge in [0.1, 0.15) is 5.82 Å². The second kappa shape index (κ2) is 10.7. The number of halogens is 2. The van der Waals surface area contributed by atoms with Gasteiger partial charge in [-0.2, -0.15) is 0 Å². The predicted octanol–water partition coefficient (Wildman–Crippen LogP) is 7.24. The molecule has 36 heavy (non-hydrogen) atoms. The molecule has 0 aliphatic heterocycles. The molecule has 8 heteroatoms. The molecular weight excluding hydrogens is 495 g/mol. The first-order chi connectivity index (χ1) is 17.5. The van der Waals surface area contributed by atoms with E-state index in [2.05, 4.69) is 15.6 Å². The second-order valence-electron chi connectivity index (χ2n) is 9.14. The fourth-order valence-electron chi connectivity index (χ4n) is 4.53. The zero-order valence-electron chi connectivity index (χ0n) is 19.6. The molecular formula is C28H26Cl2N4O2. The van der Waals surface area contributed by atoms with E-state index in [-0.39, 0.29) is 17.9 Å². The van der Waals surface area contributed by atoms with Crippen molar-refractivity contribution in [3.63, 3.8) is 0 Å². The van der Waals surface area contributed by atoms with Gasteiger partial charge in [0, 0.05) is 28.4 Å². The summed E-state index contributed by atoms with van der Waals surface area (Å²) in [6.07, 6.45) is 6.93. The van der Waals surface area contributed by atoms with E-state index in [1.165, 1.54) is 31.7 Å². The molecule has 6 nitrogen and oxygen atoms in total. The number of amides is 2. The Hall–Kier alpha value is -3.35. The summed E-state index contributed by atoms with van der Waals surface area (Å²) in [6, 6.07) is 17.9. The molecule has 0 unspecified atom stereocenters. The van der Waals surface area contributed by atoms with Crippen LogP contribution in [-0.4, -0.2) is 27.8 Å². The van der Waals surface area contributed by atoms with E-state index in [0.29, 0.717) is 32.7 Å². The van der Waals surface area contributed by atoms with Crippen LogP contribution < -0.4 is 10.6 Å². The van der Waals surface area contributed by atoms with Gasteiger partial charge in [-0.3, -0.25) is 9.59 Å². The van der Waals surface area contributed by atoms with Crippen molar-refractivity contribution >= 4 is 51.7 Å². The van der Waals surface area contributed by atoms with Crippen molar-refractivity contribution in [2.45, 2.75) is 44.6 Å². The molecule has 1 heterocycles. The third kappa shape index (κ3) is 5.55. The number of aromatic amines is 1. The number of H-pyrrole nitrogens is 1. The largest absolute Gasteiger partial charge is 0.349 e. The molecule has 1 aliphatic carbocycles. The zero-order valence-corrected chi connectivity index (χ0v) is 21.1. The average molecular weight is 521 g/mol. The van der Waals surface area contributed by atoms with Crippen molar-refractivity contribution in [1.29, 1.82) is 0 Å². The molecule has 3 N–H and O–H groups in total. The lowest BCUT2D eigenvalue weighted by atomic mass is 10.1. The van der Waals surface area contributed by atoms with Crippen LogP contribution in [0.5, 0.6) is 0 Å². The Morgan fingerprint density at radius 2 is 1.50 bits per heavy atom. The van der Waals surface area contributed by atoms with Gasteiger partial charge < -0.3 is 15.6 Å². The van der Waals surface area contributed by atoms with E-state index in [0.717, 1.165) is 29.4 Å². The Morgan fingerprint density at radius 3 is 2.22 bits per heavy atom. The van der Waals surface area contributed by atoms with E-state index < -0.39 is 0 Å². The van der Waals surface area contributed by atoms with Crippen LogP contribution >= 0.6 is 23.2 Å². The van der Waals surface area contributed by atoms with E-state index in [1.807, 2.05) is 42.5 Å². The van der Waals surface area contributed by atoms with Gasteiger partial charge in [-0.1, -0.05) is 48.9 Å². The molecule has 3 aromatic carbocycles. The van der Waals surface area contributed by atoms with Crippen molar-refractivity contribution in [2.75, 3.05) is 5.32 Å². The van der Waals surface area contributed by atoms with Crippen LogP contribution in [-0.2, 0) is 0 Å². The normalized spacial score (nSPS) is 14.4. The first-order valence-electron chi connectivity index (χ1n) is 12.1. The molecule has 0 atom stereocenters. The minimum atomic E-state index is -0.278. The summed E-state index contributed by atoms with van der Waals surface area (Å²) in [6.45, 7) is 0. The molecule has 1 fully saturated rings. The van der Waals surface area contributed by atoms with Crippen molar-refractivity contribution < 1.29 is 9.59 Å². The maximum absolute atomic E-state index is 12.8. The number of nitrogens with zero attached hydrogens (tertiary/aromatic N) is 1. The summed E-state index contributed by atoms with van der Waals surface area (Å²) in [5.74, 6) is 0.365. The van der Waals surface area contributed by atoms with Crippen molar-refractivity contribution in [1.82, 2.24) is 15.3 Å². The highest BCUT2D eigenvalue weighted by Gasteiger charge is 2.17. The Labute approximate surface area is 219 Å². The first-order valence-corrected chi connectivity index (χ1v) is 12.9. The molecule has 2 amide bonds. The van der Waals surface area contributed by atoms with Gasteiger partial charge in [-0.15, -0.1) is 0 Å². The predicted molar refractivity (Wildman–Crippen MR) is 145 cm³/mol. The topological polar surface area (TPSA) is 86.9 Å². The molecule has 0 saturated heterocycles. The number of rotatable bonds is 5. The van der Waals surface area contributed by atoms with Crippen LogP contribution in [0.3, 0.4) is 0 Å². The number of nitrogens with one attached hydrogen (secondary N) is 3. The lowest BCUT2D eigenvalue weighted by molar-refractivity contribution is 0.0932. The maximum atomic E-state index is 12.8. The van der Waals surface area contributed by atoms with Crippen molar-refractivity contribution in [2.24, 2.45) is 0 Å². The van der Waals surface area contributed by atoms with Crippen LogP contribution in [0, 0.1) is 0 Å². The molecule has 1 aliphatic rings. The highest BCUT2D eigenvalue weighted by molar-refractivity contribution is 6.42. The number of hydrogen-bond acceptors (Lipinski definition) is 3. The number of fused-ring (bicyclic) bond motifs is 1. The number of anilines is 1. The number of hydrogen-bond donors (Lipinski definition) is 3. The second-order valence-corrected chi connectivity index (χ2v) is 9.95. The van der Waals surface area contributed by atoms with Crippen molar-refractivity contribution in [3.8, 4) is 11.4 Å². The lowest BCUT2D eigenvalue weighted by Crippen LogP contribution is -2.34. The number of benzene rings is 3. The van der Waals surface area contributed by atoms with E-state index in [1.54, 1.807) is 12.1 Å². The van der Waals surface area contributed by atoms with Crippen LogP contribution in [0.4, 0.5) is 5.69 Å². The monoisotopic (exact) mass is 520 g/mol. The first kappa shape index (κ1) is 24.3. The summed E-state index contributed by atoms with van der Waals surface area (Å²) in [7, 11) is 0. The quantitative estimate of drug-likeness (QED) is 0.242. The van der Waals surface area contributed by atoms with E-state index in [9.17, 15) is 9.59 Å². The zero-order chi connectivity index (χ0) is 25.1. The lowest BCUT2D eigenvalue weighted by Gasteiger charge is -2.16. The van der Waals surface area contributed by atoms with Crippen LogP contribution in [0.1, 0.15) is 59.2 Å². The van der Waals surface area contributed by atoms with Gasteiger partial charge in [-0.05, 0) is 73.5 Å². The number of aromatic nitrogens is 2. The Morgan fingerprint density at radius 1 is 0.806 bits per heavy atom. The SMILES string of the molecule is O=C(Nc1ccc(-c2nc3cc(C(=O)NC4CCCCCC4)ccc3[nH]2)cc1)c1ccc(Cl)c(Cl)c1. The summed E-state index contributed by atoms with van der Waals surface area (Å²) >= 11 is 11.9. The fraction of sp³-hybridized carbons (Fsp3) is 0.250. The Balaban J connectivity index is 1.28. The molecule has 0 radical (unpaired) electrons. The van der Waals surface area contributed by atoms with Gasteiger partial charge in [0.05, 0.1) is 21.1 Å². The molecule has 0 bridgehead atoms. The fourth-order valence-corrected chi connectivity index (χ4v) is 4.83. The molecule has 4 aromatic rings. The number of imidazole rings is 1. The summed E-state index contributed by atoms with van der Waals surface area (Å²) < 4.78 is 0. The molecule has 0 spiro atoms. The van der Waals surface area contributed by atoms with E-state index >= 15 is 0 Å². The Bertz CT molecular complexity index is 1410. The minimum Gasteiger partial charge on any atom is -0.349 e. The smallest absolute Gasteiger partial charge is 0.255 e. The third-order valence-electron chi connectivity index (χ3n) is 6.53. The average Bonchev–Trinajstić information content (AvgIpc) is 3.14. The summed E-state index contributed by atoms with van der Waals surface area (Å²) in [5, 5.41) is 6.77. The minimum absolute atomic E-state index is 0.0459. The Kier molecular flexibility index (Phi) is 7.25. The summed E-state index contributed by atoms with van der Waals surface area (Å²) in [5.41, 5.74) is 4.13. The molecule has 1 aromatic heterocycles. The number of carbonyl (C=O) groups excluding carboxylic acids is 2. The van der Waals surface area contributed by atoms with Gasteiger partial charge in [0.15, 0.2) is 0 Å². The molecule has 1 saturated carbocycles. The van der Waals surface area contributed by atoms with Crippen molar-refractivity contribution in [3.05, 3.63) is 81.8 Å². The highest BCUT2D eigenvalue weighted by atomic mass is 35.5. The molecule has 184 valence electrons. The van der Waals surface area contributed by atoms with Gasteiger partial charge in [0.25, 0.3) is 11.8 Å². The van der Waals surface area contributed by atoms with Gasteiger partial charge in [0.2, 0.25) is 0 Å². The van der Waals surface area contributed by atoms with Crippen LogP contribution in [0.2, 0.25) is 10.0 Å². The van der Waals surface area contributed by atoms with E-state index in [4.69, 9.17) is 28.2 Å². The van der Waals surface area contributed by atoms with Gasteiger partial charge in [-0.25, -0.2) is 4.98 Å². The molecule has 5 rings (SSSR count). The van der Waals surface area contributed by atoms with Crippen LogP contribution in [0.15, 0.2) is 60.7 Å². The highest BCUT2D eigenvalue weighted by Crippen LogP contribution is 2.25. The van der Waals surface area contributed by atoms with Crippen LogP contribution in [0.25, 0.3) is 22.4 Å². The third-order valence-corrected chi connectivity index (χ3v) is 7.27. The summed E-state index contributed by atoms with van der Waals surface area (Å²) in [4.78, 5) is 33.3. The standard InChI is InChI=1S/C28H26Cl2N4O2/c29-22-13-9-18(15-23(22)30)27(35)32-21-11-7-17(8-12-21)26-33-24-14-10-19(16-25(24)34-26)28(36)31-20-5-3-1-2-4-6-20/h7-16,20H,1-6H2,(H,31,36)(H,32,35)(H,33,34).